The van der Waals surface area contributed by atoms with Crippen molar-refractivity contribution in [2.45, 2.75) is 25.3 Å². The Kier molecular flexibility index (Phi) is 6.47. The number of nitrogens with two attached hydrogens (primary N) is 1. The van der Waals surface area contributed by atoms with Crippen molar-refractivity contribution in [3.63, 3.8) is 0 Å². The van der Waals surface area contributed by atoms with Crippen LogP contribution in [0.25, 0.3) is 0 Å². The Bertz CT molecular complexity index is 805. The summed E-state index contributed by atoms with van der Waals surface area (Å²) in [6.07, 6.45) is 2.20. The first-order chi connectivity index (χ1) is 14.2. The van der Waals surface area contributed by atoms with Gasteiger partial charge in [0.05, 0.1) is 0 Å². The molecule has 2 saturated heterocycles. The number of amides is 1. The molecule has 2 N–H and O–H groups in total. The Morgan fingerprint density at radius 2 is 1.72 bits per heavy atom. The van der Waals surface area contributed by atoms with E-state index in [4.69, 9.17) is 10.5 Å². The molecule has 4 rings (SSSR count). The fourth-order valence-corrected chi connectivity index (χ4v) is 4.62. The Balaban J connectivity index is 1.40. The standard InChI is InChI=1S/C24H31N3O2/c25-14-21-16-26(17-22(21)19-8-2-1-3-9-19)15-20-10-4-5-11-23(20)29-18-24(28)27-12-6-7-13-27/h1-5,8-11,21-22H,6-7,12-18,25H2/t21-,22+/m1/s1. The predicted molar refractivity (Wildman–Crippen MR) is 115 cm³/mol. The van der Waals surface area contributed by atoms with Crippen LogP contribution in [0.1, 0.15) is 29.9 Å². The Morgan fingerprint density at radius 1 is 1.00 bits per heavy atom. The van der Waals surface area contributed by atoms with Crippen molar-refractivity contribution in [1.29, 1.82) is 0 Å². The quantitative estimate of drug-likeness (QED) is 0.786. The number of nitrogens with zero attached hydrogens (tertiary/aromatic N) is 2. The first-order valence-corrected chi connectivity index (χ1v) is 10.7. The maximum atomic E-state index is 12.3. The number of rotatable bonds is 7. The summed E-state index contributed by atoms with van der Waals surface area (Å²) in [5, 5.41) is 0. The van der Waals surface area contributed by atoms with Crippen molar-refractivity contribution in [3.05, 3.63) is 65.7 Å². The van der Waals surface area contributed by atoms with Gasteiger partial charge in [-0.15, -0.1) is 0 Å². The molecule has 2 aliphatic heterocycles. The molecule has 5 nitrogen and oxygen atoms in total. The molecule has 29 heavy (non-hydrogen) atoms. The van der Waals surface area contributed by atoms with E-state index in [0.717, 1.165) is 56.9 Å². The third-order valence-electron chi connectivity index (χ3n) is 6.22. The van der Waals surface area contributed by atoms with Crippen LogP contribution < -0.4 is 10.5 Å². The number of hydrogen-bond donors (Lipinski definition) is 1. The van der Waals surface area contributed by atoms with Crippen LogP contribution in [0.15, 0.2) is 54.6 Å². The highest BCUT2D eigenvalue weighted by Crippen LogP contribution is 2.33. The monoisotopic (exact) mass is 393 g/mol. The van der Waals surface area contributed by atoms with Crippen LogP contribution in [0.5, 0.6) is 5.75 Å². The molecule has 2 aromatic carbocycles. The molecule has 2 aromatic rings. The number of carbonyl (C=O) groups is 1. The van der Waals surface area contributed by atoms with Crippen LogP contribution >= 0.6 is 0 Å². The molecule has 2 heterocycles. The van der Waals surface area contributed by atoms with Gasteiger partial charge in [0.25, 0.3) is 5.91 Å². The SMILES string of the molecule is NC[C@@H]1CN(Cc2ccccc2OCC(=O)N2CCCC2)C[C@H]1c1ccccc1. The molecule has 0 bridgehead atoms. The Labute approximate surface area is 173 Å². The topological polar surface area (TPSA) is 58.8 Å². The van der Waals surface area contributed by atoms with Gasteiger partial charge in [0.1, 0.15) is 5.75 Å². The van der Waals surface area contributed by atoms with Gasteiger partial charge in [-0.2, -0.15) is 0 Å². The van der Waals surface area contributed by atoms with Crippen LogP contribution in [-0.4, -0.2) is 55.0 Å². The average molecular weight is 394 g/mol. The summed E-state index contributed by atoms with van der Waals surface area (Å²) in [6.45, 7) is 5.32. The van der Waals surface area contributed by atoms with Crippen LogP contribution in [0.2, 0.25) is 0 Å². The third-order valence-corrected chi connectivity index (χ3v) is 6.22. The van der Waals surface area contributed by atoms with Gasteiger partial charge in [0.15, 0.2) is 6.61 Å². The van der Waals surface area contributed by atoms with E-state index in [1.54, 1.807) is 0 Å². The van der Waals surface area contributed by atoms with E-state index in [1.807, 2.05) is 23.1 Å². The van der Waals surface area contributed by atoms with Gasteiger partial charge in [-0.25, -0.2) is 0 Å². The van der Waals surface area contributed by atoms with Crippen molar-refractivity contribution in [3.8, 4) is 5.75 Å². The summed E-state index contributed by atoms with van der Waals surface area (Å²) in [7, 11) is 0. The van der Waals surface area contributed by atoms with Gasteiger partial charge < -0.3 is 15.4 Å². The summed E-state index contributed by atoms with van der Waals surface area (Å²) >= 11 is 0. The van der Waals surface area contributed by atoms with Crippen LogP contribution in [0, 0.1) is 5.92 Å². The van der Waals surface area contributed by atoms with Gasteiger partial charge >= 0.3 is 0 Å². The normalized spacial score (nSPS) is 22.2. The number of likely N-dealkylation sites (tertiary alicyclic amines) is 2. The highest BCUT2D eigenvalue weighted by molar-refractivity contribution is 5.78. The van der Waals surface area contributed by atoms with Gasteiger partial charge in [0.2, 0.25) is 0 Å². The average Bonchev–Trinajstić information content (AvgIpc) is 3.44. The molecule has 2 fully saturated rings. The molecule has 154 valence electrons. The molecule has 0 radical (unpaired) electrons. The van der Waals surface area contributed by atoms with Crippen molar-refractivity contribution in [2.24, 2.45) is 11.7 Å². The molecular formula is C24H31N3O2. The molecule has 0 aromatic heterocycles. The fourth-order valence-electron chi connectivity index (χ4n) is 4.62. The van der Waals surface area contributed by atoms with Crippen molar-refractivity contribution < 1.29 is 9.53 Å². The maximum Gasteiger partial charge on any atom is 0.260 e. The van der Waals surface area contributed by atoms with E-state index in [0.29, 0.717) is 18.4 Å². The van der Waals surface area contributed by atoms with E-state index < -0.39 is 0 Å². The Morgan fingerprint density at radius 3 is 2.48 bits per heavy atom. The van der Waals surface area contributed by atoms with Gasteiger partial charge in [-0.05, 0) is 36.9 Å². The van der Waals surface area contributed by atoms with Gasteiger partial charge in [-0.1, -0.05) is 48.5 Å². The molecule has 0 aliphatic carbocycles. The van der Waals surface area contributed by atoms with Crippen molar-refractivity contribution in [2.75, 3.05) is 39.3 Å². The second kappa shape index (κ2) is 9.42. The first-order valence-electron chi connectivity index (χ1n) is 10.7. The smallest absolute Gasteiger partial charge is 0.260 e. The lowest BCUT2D eigenvalue weighted by Crippen LogP contribution is -2.32. The maximum absolute atomic E-state index is 12.3. The number of hydrogen-bond acceptors (Lipinski definition) is 4. The Hall–Kier alpha value is -2.37. The van der Waals surface area contributed by atoms with E-state index in [9.17, 15) is 4.79 Å². The third kappa shape index (κ3) is 4.80. The molecule has 0 saturated carbocycles. The summed E-state index contributed by atoms with van der Waals surface area (Å²) in [5.41, 5.74) is 8.59. The number of para-hydroxylation sites is 1. The fraction of sp³-hybridized carbons (Fsp3) is 0.458. The summed E-state index contributed by atoms with van der Waals surface area (Å²) in [6, 6.07) is 18.8. The zero-order valence-corrected chi connectivity index (χ0v) is 17.0. The molecule has 0 spiro atoms. The molecule has 2 aliphatic rings. The van der Waals surface area contributed by atoms with Gasteiger partial charge in [-0.3, -0.25) is 9.69 Å². The minimum absolute atomic E-state index is 0.0887. The molecule has 1 amide bonds. The number of benzene rings is 2. The van der Waals surface area contributed by atoms with Crippen LogP contribution in [0.4, 0.5) is 0 Å². The molecule has 2 atom stereocenters. The summed E-state index contributed by atoms with van der Waals surface area (Å²) in [5.74, 6) is 1.83. The lowest BCUT2D eigenvalue weighted by Gasteiger charge is -2.20. The number of carbonyl (C=O) groups excluding carboxylic acids is 1. The van der Waals surface area contributed by atoms with E-state index in [2.05, 4.69) is 41.3 Å². The lowest BCUT2D eigenvalue weighted by atomic mass is 9.89. The highest BCUT2D eigenvalue weighted by atomic mass is 16.5. The minimum atomic E-state index is 0.0887. The van der Waals surface area contributed by atoms with Crippen molar-refractivity contribution in [1.82, 2.24) is 9.80 Å². The van der Waals surface area contributed by atoms with E-state index in [1.165, 1.54) is 5.56 Å². The molecular weight excluding hydrogens is 362 g/mol. The molecule has 5 heteroatoms. The van der Waals surface area contributed by atoms with Crippen molar-refractivity contribution >= 4 is 5.91 Å². The lowest BCUT2D eigenvalue weighted by molar-refractivity contribution is -0.132. The first kappa shape index (κ1) is 19.9. The highest BCUT2D eigenvalue weighted by Gasteiger charge is 2.33. The van der Waals surface area contributed by atoms with Gasteiger partial charge in [0, 0.05) is 44.2 Å². The van der Waals surface area contributed by atoms with Crippen LogP contribution in [-0.2, 0) is 11.3 Å². The largest absolute Gasteiger partial charge is 0.483 e. The van der Waals surface area contributed by atoms with E-state index in [-0.39, 0.29) is 12.5 Å². The zero-order valence-electron chi connectivity index (χ0n) is 17.0. The van der Waals surface area contributed by atoms with Crippen LogP contribution in [0.3, 0.4) is 0 Å². The molecule has 0 unspecified atom stereocenters. The number of ether oxygens (including phenoxy) is 1. The van der Waals surface area contributed by atoms with E-state index >= 15 is 0 Å². The summed E-state index contributed by atoms with van der Waals surface area (Å²) in [4.78, 5) is 16.7. The second-order valence-corrected chi connectivity index (χ2v) is 8.19. The summed E-state index contributed by atoms with van der Waals surface area (Å²) < 4.78 is 5.94. The second-order valence-electron chi connectivity index (χ2n) is 8.19. The zero-order chi connectivity index (χ0) is 20.1. The minimum Gasteiger partial charge on any atom is -0.483 e. The predicted octanol–water partition coefficient (Wildman–Crippen LogP) is 2.86.